The van der Waals surface area contributed by atoms with Crippen LogP contribution in [0.1, 0.15) is 35.7 Å². The van der Waals surface area contributed by atoms with Crippen LogP contribution in [0.15, 0.2) is 18.2 Å². The van der Waals surface area contributed by atoms with Gasteiger partial charge in [0.15, 0.2) is 5.78 Å². The number of benzene rings is 1. The zero-order valence-electron chi connectivity index (χ0n) is 14.5. The molecule has 5 nitrogen and oxygen atoms in total. The maximum atomic E-state index is 13.1. The molecule has 1 aromatic rings. The first kappa shape index (κ1) is 18.8. The lowest BCUT2D eigenvalue weighted by atomic mass is 9.74. The average Bonchev–Trinajstić information content (AvgIpc) is 2.73. The van der Waals surface area contributed by atoms with Gasteiger partial charge >= 0.3 is 0 Å². The van der Waals surface area contributed by atoms with E-state index in [1.165, 1.54) is 6.92 Å². The van der Waals surface area contributed by atoms with Crippen LogP contribution in [0.5, 0.6) is 5.75 Å². The molecule has 1 aromatic carbocycles. The van der Waals surface area contributed by atoms with E-state index in [0.29, 0.717) is 17.9 Å². The van der Waals surface area contributed by atoms with Gasteiger partial charge in [0.05, 0.1) is 12.6 Å². The number of carbonyl (C=O) groups excluding carboxylic acids is 2. The minimum Gasteiger partial charge on any atom is -0.497 e. The molecular formula is C18H25NO4S. The van der Waals surface area contributed by atoms with Gasteiger partial charge in [-0.3, -0.25) is 13.9 Å². The van der Waals surface area contributed by atoms with Crippen LogP contribution >= 0.6 is 0 Å². The van der Waals surface area contributed by atoms with Crippen LogP contribution in [0.25, 0.3) is 0 Å². The van der Waals surface area contributed by atoms with Gasteiger partial charge in [-0.15, -0.1) is 0 Å². The second-order valence-electron chi connectivity index (χ2n) is 6.14. The van der Waals surface area contributed by atoms with Crippen molar-refractivity contribution in [3.05, 3.63) is 29.3 Å². The molecule has 1 saturated heterocycles. The van der Waals surface area contributed by atoms with Crippen LogP contribution < -0.4 is 4.74 Å². The Morgan fingerprint density at radius 2 is 2.00 bits per heavy atom. The molecule has 0 N–H and O–H groups in total. The van der Waals surface area contributed by atoms with Crippen molar-refractivity contribution in [2.45, 2.75) is 31.7 Å². The number of rotatable bonds is 1. The largest absolute Gasteiger partial charge is 0.497 e. The highest BCUT2D eigenvalue weighted by Crippen LogP contribution is 2.37. The molecule has 2 aliphatic rings. The molecule has 0 amide bonds. The number of hydrogen-bond acceptors (Lipinski definition) is 5. The van der Waals surface area contributed by atoms with Gasteiger partial charge in [0.25, 0.3) is 0 Å². The second kappa shape index (κ2) is 8.03. The molecule has 24 heavy (non-hydrogen) atoms. The maximum Gasteiger partial charge on any atom is 0.183 e. The first-order valence-electron chi connectivity index (χ1n) is 8.16. The number of aryl methyl sites for hydroxylation is 1. The van der Waals surface area contributed by atoms with E-state index in [1.54, 1.807) is 7.11 Å². The topological polar surface area (TPSA) is 63.7 Å². The van der Waals surface area contributed by atoms with Gasteiger partial charge in [0, 0.05) is 34.4 Å². The lowest BCUT2D eigenvalue weighted by molar-refractivity contribution is -0.106. The van der Waals surface area contributed by atoms with Crippen molar-refractivity contribution >= 4 is 22.9 Å². The summed E-state index contributed by atoms with van der Waals surface area (Å²) in [6, 6.07) is 5.70. The van der Waals surface area contributed by atoms with Crippen molar-refractivity contribution in [2.75, 3.05) is 32.2 Å². The molecule has 0 bridgehead atoms. The van der Waals surface area contributed by atoms with Crippen molar-refractivity contribution in [3.63, 3.8) is 0 Å². The van der Waals surface area contributed by atoms with Crippen molar-refractivity contribution in [2.24, 2.45) is 0 Å². The van der Waals surface area contributed by atoms with Crippen LogP contribution in [-0.4, -0.2) is 58.9 Å². The Labute approximate surface area is 145 Å². The zero-order chi connectivity index (χ0) is 17.7. The fraction of sp³-hybridized carbons (Fsp3) is 0.556. The molecule has 0 saturated carbocycles. The molecule has 1 aliphatic heterocycles. The van der Waals surface area contributed by atoms with E-state index in [-0.39, 0.29) is 5.78 Å². The van der Waals surface area contributed by atoms with Gasteiger partial charge in [-0.25, -0.2) is 0 Å². The van der Waals surface area contributed by atoms with Gasteiger partial charge < -0.3 is 9.53 Å². The smallest absolute Gasteiger partial charge is 0.183 e. The number of Topliss-reactive ketones (excluding diaryl/α,β-unsaturated/α-hetero) is 1. The third-order valence-corrected chi connectivity index (χ3v) is 6.21. The maximum absolute atomic E-state index is 13.1. The fourth-order valence-electron chi connectivity index (χ4n) is 3.46. The highest BCUT2D eigenvalue weighted by Gasteiger charge is 2.46. The van der Waals surface area contributed by atoms with Crippen molar-refractivity contribution in [1.82, 2.24) is 4.90 Å². The summed E-state index contributed by atoms with van der Waals surface area (Å²) >= 11 is 0. The van der Waals surface area contributed by atoms with E-state index in [1.807, 2.05) is 25.2 Å². The van der Waals surface area contributed by atoms with E-state index < -0.39 is 16.3 Å². The Balaban J connectivity index is 0.000000647. The highest BCUT2D eigenvalue weighted by molar-refractivity contribution is 7.85. The number of methoxy groups -OCH3 is 1. The van der Waals surface area contributed by atoms with Crippen LogP contribution in [0.3, 0.4) is 0 Å². The summed E-state index contributed by atoms with van der Waals surface area (Å²) in [5.41, 5.74) is 1.42. The van der Waals surface area contributed by atoms with E-state index in [2.05, 4.69) is 4.90 Å². The zero-order valence-corrected chi connectivity index (χ0v) is 15.4. The standard InChI is InChI=1S/C16H21NO3S.C2H4O/c1-17-8-10-21(19)9-7-16(17)6-5-12-11-13(20-2)3-4-14(12)15(16)18;1-2-3/h3-4,11H,5-10H2,1-2H3;2H,1H3. The molecule has 1 aliphatic carbocycles. The van der Waals surface area contributed by atoms with Crippen molar-refractivity contribution in [1.29, 1.82) is 0 Å². The molecule has 3 rings (SSSR count). The Morgan fingerprint density at radius 3 is 2.67 bits per heavy atom. The van der Waals surface area contributed by atoms with E-state index in [0.717, 1.165) is 42.5 Å². The number of ether oxygens (including phenoxy) is 1. The number of nitrogens with zero attached hydrogens (tertiary/aromatic N) is 1. The van der Waals surface area contributed by atoms with Crippen LogP contribution in [0.4, 0.5) is 0 Å². The van der Waals surface area contributed by atoms with Gasteiger partial charge in [0.1, 0.15) is 12.0 Å². The Bertz CT molecular complexity index is 646. The van der Waals surface area contributed by atoms with Crippen LogP contribution in [0, 0.1) is 0 Å². The van der Waals surface area contributed by atoms with E-state index in [9.17, 15) is 9.00 Å². The molecule has 132 valence electrons. The van der Waals surface area contributed by atoms with E-state index in [4.69, 9.17) is 9.53 Å². The molecule has 0 radical (unpaired) electrons. The van der Waals surface area contributed by atoms with Crippen LogP contribution in [0.2, 0.25) is 0 Å². The minimum atomic E-state index is -0.798. The predicted octanol–water partition coefficient (Wildman–Crippen LogP) is 1.85. The number of likely N-dealkylation sites (N-methyl/N-ethyl adjacent to an activating group) is 1. The van der Waals surface area contributed by atoms with Gasteiger partial charge in [0.2, 0.25) is 0 Å². The molecular weight excluding hydrogens is 326 g/mol. The normalized spacial score (nSPS) is 26.8. The molecule has 2 atom stereocenters. The second-order valence-corrected chi connectivity index (χ2v) is 7.84. The molecule has 2 unspecified atom stereocenters. The molecule has 1 heterocycles. The molecule has 0 aromatic heterocycles. The third-order valence-electron chi connectivity index (χ3n) is 4.92. The molecule has 6 heteroatoms. The highest BCUT2D eigenvalue weighted by atomic mass is 32.2. The summed E-state index contributed by atoms with van der Waals surface area (Å²) in [7, 11) is 2.84. The first-order valence-corrected chi connectivity index (χ1v) is 9.65. The number of ketones is 1. The van der Waals surface area contributed by atoms with Gasteiger partial charge in [-0.2, -0.15) is 0 Å². The predicted molar refractivity (Wildman–Crippen MR) is 95.2 cm³/mol. The number of hydrogen-bond donors (Lipinski definition) is 0. The van der Waals surface area contributed by atoms with Crippen molar-refractivity contribution in [3.8, 4) is 5.75 Å². The Kier molecular flexibility index (Phi) is 6.29. The monoisotopic (exact) mass is 351 g/mol. The SMILES string of the molecule is CC=O.COc1ccc2c(c1)CCC1(CCS(=O)CCN1C)C2=O. The average molecular weight is 351 g/mol. The number of carbonyl (C=O) groups is 2. The molecule has 1 spiro atoms. The first-order chi connectivity index (χ1) is 11.5. The lowest BCUT2D eigenvalue weighted by Crippen LogP contribution is -2.55. The Hall–Kier alpha value is -1.53. The number of aldehydes is 1. The summed E-state index contributed by atoms with van der Waals surface area (Å²) in [5, 5.41) is 0. The fourth-order valence-corrected chi connectivity index (χ4v) is 4.71. The third kappa shape index (κ3) is 3.59. The van der Waals surface area contributed by atoms with Crippen LogP contribution in [-0.2, 0) is 22.0 Å². The summed E-state index contributed by atoms with van der Waals surface area (Å²) in [6.07, 6.45) is 3.12. The minimum absolute atomic E-state index is 0.188. The number of fused-ring (bicyclic) bond motifs is 1. The lowest BCUT2D eigenvalue weighted by Gasteiger charge is -2.42. The van der Waals surface area contributed by atoms with Gasteiger partial charge in [-0.05, 0) is 57.0 Å². The quantitative estimate of drug-likeness (QED) is 0.723. The van der Waals surface area contributed by atoms with Gasteiger partial charge in [-0.1, -0.05) is 0 Å². The summed E-state index contributed by atoms with van der Waals surface area (Å²) < 4.78 is 17.1. The Morgan fingerprint density at radius 1 is 1.29 bits per heavy atom. The van der Waals surface area contributed by atoms with Crippen molar-refractivity contribution < 1.29 is 18.5 Å². The summed E-state index contributed by atoms with van der Waals surface area (Å²) in [6.45, 7) is 2.17. The molecule has 1 fully saturated rings. The van der Waals surface area contributed by atoms with E-state index >= 15 is 0 Å². The summed E-state index contributed by atoms with van der Waals surface area (Å²) in [4.78, 5) is 24.0. The summed E-state index contributed by atoms with van der Waals surface area (Å²) in [5.74, 6) is 2.28.